The molecule has 1 N–H and O–H groups in total. The molecule has 0 bridgehead atoms. The number of benzene rings is 1. The summed E-state index contributed by atoms with van der Waals surface area (Å²) >= 11 is 11.9. The number of aromatic nitrogens is 2. The van der Waals surface area contributed by atoms with Gasteiger partial charge in [-0.05, 0) is 25.1 Å². The number of anilines is 1. The molecule has 0 saturated heterocycles. The molecule has 0 aliphatic carbocycles. The van der Waals surface area contributed by atoms with Crippen LogP contribution in [0.25, 0.3) is 5.69 Å². The smallest absolute Gasteiger partial charge is 0.207 e. The summed E-state index contributed by atoms with van der Waals surface area (Å²) in [7, 11) is 0. The quantitative estimate of drug-likeness (QED) is 0.856. The highest BCUT2D eigenvalue weighted by Crippen LogP contribution is 2.26. The summed E-state index contributed by atoms with van der Waals surface area (Å²) in [5.41, 5.74) is 1.84. The zero-order chi connectivity index (χ0) is 13.1. The van der Waals surface area contributed by atoms with Gasteiger partial charge < -0.3 is 5.32 Å². The normalized spacial score (nSPS) is 10.4. The molecule has 0 aliphatic heterocycles. The van der Waals surface area contributed by atoms with Crippen LogP contribution in [0.5, 0.6) is 0 Å². The highest BCUT2D eigenvalue weighted by molar-refractivity contribution is 6.42. The minimum atomic E-state index is 0.523. The Hall–Kier alpha value is -1.45. The first-order valence-corrected chi connectivity index (χ1v) is 6.23. The van der Waals surface area contributed by atoms with Crippen LogP contribution >= 0.6 is 23.2 Å². The van der Waals surface area contributed by atoms with Crippen LogP contribution in [-0.2, 0) is 0 Å². The third-order valence-corrected chi connectivity index (χ3v) is 3.15. The summed E-state index contributed by atoms with van der Waals surface area (Å²) < 4.78 is 1.93. The van der Waals surface area contributed by atoms with Crippen LogP contribution < -0.4 is 5.32 Å². The van der Waals surface area contributed by atoms with Crippen molar-refractivity contribution in [3.8, 4) is 5.69 Å². The van der Waals surface area contributed by atoms with E-state index < -0.39 is 0 Å². The second-order valence-electron chi connectivity index (χ2n) is 3.84. The largest absolute Gasteiger partial charge is 0.352 e. The minimum absolute atomic E-state index is 0.523. The molecule has 18 heavy (non-hydrogen) atoms. The molecule has 0 aliphatic rings. The lowest BCUT2D eigenvalue weighted by Gasteiger charge is -2.09. The van der Waals surface area contributed by atoms with E-state index in [1.807, 2.05) is 29.8 Å². The Morgan fingerprint density at radius 3 is 2.83 bits per heavy atom. The van der Waals surface area contributed by atoms with Crippen LogP contribution in [0.3, 0.4) is 0 Å². The van der Waals surface area contributed by atoms with Gasteiger partial charge in [-0.2, -0.15) is 0 Å². The number of aryl methyl sites for hydroxylation is 1. The molecule has 1 heterocycles. The number of imidazole rings is 1. The van der Waals surface area contributed by atoms with E-state index in [2.05, 4.69) is 16.9 Å². The van der Waals surface area contributed by atoms with Gasteiger partial charge in [0.05, 0.1) is 21.4 Å². The van der Waals surface area contributed by atoms with Gasteiger partial charge in [-0.3, -0.25) is 4.57 Å². The van der Waals surface area contributed by atoms with Gasteiger partial charge in [0.1, 0.15) is 0 Å². The molecule has 3 nitrogen and oxygen atoms in total. The first kappa shape index (κ1) is 13.0. The number of nitrogens with one attached hydrogen (secondary N) is 1. The van der Waals surface area contributed by atoms with E-state index in [9.17, 15) is 0 Å². The Bertz CT molecular complexity index is 576. The summed E-state index contributed by atoms with van der Waals surface area (Å²) in [5.74, 6) is 0.755. The first-order chi connectivity index (χ1) is 8.61. The van der Waals surface area contributed by atoms with Gasteiger partial charge in [-0.1, -0.05) is 29.3 Å². The van der Waals surface area contributed by atoms with Gasteiger partial charge in [0.15, 0.2) is 0 Å². The molecule has 2 rings (SSSR count). The van der Waals surface area contributed by atoms with Crippen LogP contribution in [-0.4, -0.2) is 16.1 Å². The van der Waals surface area contributed by atoms with Gasteiger partial charge in [0, 0.05) is 12.7 Å². The van der Waals surface area contributed by atoms with E-state index in [0.717, 1.165) is 17.3 Å². The highest BCUT2D eigenvalue weighted by Gasteiger charge is 2.08. The van der Waals surface area contributed by atoms with Crippen LogP contribution in [0.1, 0.15) is 5.69 Å². The molecule has 0 spiro atoms. The molecular weight excluding hydrogens is 269 g/mol. The summed E-state index contributed by atoms with van der Waals surface area (Å²) in [6.07, 6.45) is 3.72. The fourth-order valence-corrected chi connectivity index (χ4v) is 1.91. The van der Waals surface area contributed by atoms with Crippen LogP contribution in [0.15, 0.2) is 37.1 Å². The van der Waals surface area contributed by atoms with Gasteiger partial charge in [0.2, 0.25) is 5.95 Å². The van der Waals surface area contributed by atoms with Crippen LogP contribution in [0, 0.1) is 6.92 Å². The summed E-state index contributed by atoms with van der Waals surface area (Å²) in [6, 6.07) is 5.48. The van der Waals surface area contributed by atoms with Crippen LogP contribution in [0.2, 0.25) is 10.0 Å². The average molecular weight is 282 g/mol. The van der Waals surface area contributed by atoms with E-state index >= 15 is 0 Å². The molecule has 0 radical (unpaired) electrons. The lowest BCUT2D eigenvalue weighted by atomic mass is 10.3. The van der Waals surface area contributed by atoms with Crippen molar-refractivity contribution in [1.29, 1.82) is 0 Å². The van der Waals surface area contributed by atoms with Crippen molar-refractivity contribution in [3.05, 3.63) is 52.8 Å². The lowest BCUT2D eigenvalue weighted by molar-refractivity contribution is 1.04. The Labute approximate surface area is 116 Å². The van der Waals surface area contributed by atoms with Crippen molar-refractivity contribution < 1.29 is 0 Å². The van der Waals surface area contributed by atoms with Gasteiger partial charge in [-0.15, -0.1) is 6.58 Å². The Balaban J connectivity index is 2.42. The van der Waals surface area contributed by atoms with E-state index in [4.69, 9.17) is 23.2 Å². The number of hydrogen-bond donors (Lipinski definition) is 1. The standard InChI is InChI=1S/C13H13Cl2N3/c1-3-6-16-13-17-9(2)8-18(13)10-4-5-11(14)12(15)7-10/h3-5,7-8H,1,6H2,2H3,(H,16,17). The maximum absolute atomic E-state index is 6.02. The predicted octanol–water partition coefficient (Wildman–Crippen LogP) is 4.09. The Kier molecular flexibility index (Phi) is 3.94. The zero-order valence-electron chi connectivity index (χ0n) is 9.95. The number of rotatable bonds is 4. The number of halogens is 2. The van der Waals surface area contributed by atoms with Gasteiger partial charge in [0.25, 0.3) is 0 Å². The number of nitrogens with zero attached hydrogens (tertiary/aromatic N) is 2. The molecule has 2 aromatic rings. The van der Waals surface area contributed by atoms with E-state index in [-0.39, 0.29) is 0 Å². The van der Waals surface area contributed by atoms with E-state index in [1.54, 1.807) is 12.1 Å². The third-order valence-electron chi connectivity index (χ3n) is 2.41. The Morgan fingerprint density at radius 1 is 1.39 bits per heavy atom. The molecule has 0 fully saturated rings. The molecule has 1 aromatic carbocycles. The summed E-state index contributed by atoms with van der Waals surface area (Å²) in [4.78, 5) is 4.40. The molecule has 5 heteroatoms. The van der Waals surface area contributed by atoms with Crippen molar-refractivity contribution in [3.63, 3.8) is 0 Å². The van der Waals surface area contributed by atoms with Crippen molar-refractivity contribution in [2.24, 2.45) is 0 Å². The van der Waals surface area contributed by atoms with Gasteiger partial charge >= 0.3 is 0 Å². The van der Waals surface area contributed by atoms with E-state index in [0.29, 0.717) is 16.6 Å². The predicted molar refractivity (Wildman–Crippen MR) is 77.0 cm³/mol. The van der Waals surface area contributed by atoms with Crippen molar-refractivity contribution in [2.45, 2.75) is 6.92 Å². The maximum Gasteiger partial charge on any atom is 0.207 e. The van der Waals surface area contributed by atoms with Crippen LogP contribution in [0.4, 0.5) is 5.95 Å². The molecule has 0 unspecified atom stereocenters. The number of hydrogen-bond acceptors (Lipinski definition) is 2. The Morgan fingerprint density at radius 2 is 2.17 bits per heavy atom. The average Bonchev–Trinajstić information content (AvgIpc) is 2.71. The molecule has 0 atom stereocenters. The fourth-order valence-electron chi connectivity index (χ4n) is 1.62. The topological polar surface area (TPSA) is 29.9 Å². The molecular formula is C13H13Cl2N3. The summed E-state index contributed by atoms with van der Waals surface area (Å²) in [5, 5.41) is 4.24. The summed E-state index contributed by atoms with van der Waals surface area (Å²) in [6.45, 7) is 6.26. The zero-order valence-corrected chi connectivity index (χ0v) is 11.5. The highest BCUT2D eigenvalue weighted by atomic mass is 35.5. The third kappa shape index (κ3) is 2.68. The van der Waals surface area contributed by atoms with Gasteiger partial charge in [-0.25, -0.2) is 4.98 Å². The molecule has 1 aromatic heterocycles. The molecule has 0 saturated carbocycles. The SMILES string of the molecule is C=CCNc1nc(C)cn1-c1ccc(Cl)c(Cl)c1. The molecule has 0 amide bonds. The monoisotopic (exact) mass is 281 g/mol. The second kappa shape index (κ2) is 5.46. The molecule has 94 valence electrons. The lowest BCUT2D eigenvalue weighted by Crippen LogP contribution is -2.05. The maximum atomic E-state index is 6.02. The first-order valence-electron chi connectivity index (χ1n) is 5.48. The van der Waals surface area contributed by atoms with Crippen molar-refractivity contribution in [1.82, 2.24) is 9.55 Å². The van der Waals surface area contributed by atoms with E-state index in [1.165, 1.54) is 0 Å². The van der Waals surface area contributed by atoms with Crippen molar-refractivity contribution >= 4 is 29.2 Å². The van der Waals surface area contributed by atoms with Crippen molar-refractivity contribution in [2.75, 3.05) is 11.9 Å². The second-order valence-corrected chi connectivity index (χ2v) is 4.66. The minimum Gasteiger partial charge on any atom is -0.352 e. The fraction of sp³-hybridized carbons (Fsp3) is 0.154.